The van der Waals surface area contributed by atoms with Crippen molar-refractivity contribution >= 4 is 23.9 Å². The Morgan fingerprint density at radius 2 is 0.747 bits per heavy atom. The van der Waals surface area contributed by atoms with E-state index in [1.165, 1.54) is 0 Å². The first kappa shape index (κ1) is 75.6. The number of unbranched alkanes of at least 4 members (excludes halogenated alkanes) is 14. The van der Waals surface area contributed by atoms with Crippen molar-refractivity contribution in [1.82, 2.24) is 0 Å². The predicted octanol–water partition coefficient (Wildman–Crippen LogP) is 17.1. The zero-order valence-electron chi connectivity index (χ0n) is 51.4. The van der Waals surface area contributed by atoms with Crippen molar-refractivity contribution in [1.29, 1.82) is 0 Å². The number of aliphatic carboxylic acids is 1. The van der Waals surface area contributed by atoms with Crippen molar-refractivity contribution in [2.24, 2.45) is 0 Å². The van der Waals surface area contributed by atoms with Gasteiger partial charge in [0.05, 0.1) is 6.61 Å². The standard InChI is InChI=1S/C71H110O12/c1-4-7-10-13-16-19-22-25-28-31-32-35-38-41-44-47-50-53-56-59-65(74)82-69-67(76)66(75)68(70(77)78)83-71(69)80-61-62(81-64(73)58-55-52-49-46-43-40-37-34-30-27-24-21-18-15-12-9-6-3)60-79-63(72)57-54-51-48-45-42-39-36-33-29-26-23-20-17-14-11-8-5-2/h7-12,16-21,25-30,32,35,41,44,50,53,62,66-69,71,75-76H,4-6,13-15,22-24,31,33-34,36-40,42-43,45-49,51-52,54-61H2,1-3H3,(H,77,78)/b10-7-,11-8-,12-9-,19-16-,20-17-,21-18-,28-25-,29-26-,30-27-,35-32-,44-41-,53-50-. The fraction of sp³-hybridized carbons (Fsp3) is 0.606. The summed E-state index contributed by atoms with van der Waals surface area (Å²) in [7, 11) is 0. The number of aliphatic hydroxyl groups is 2. The van der Waals surface area contributed by atoms with Gasteiger partial charge in [0, 0.05) is 19.3 Å². The number of carboxylic acids is 1. The van der Waals surface area contributed by atoms with Crippen LogP contribution in [0.3, 0.4) is 0 Å². The highest BCUT2D eigenvalue weighted by atomic mass is 16.7. The summed E-state index contributed by atoms with van der Waals surface area (Å²) < 4.78 is 28.4. The number of ether oxygens (including phenoxy) is 5. The van der Waals surface area contributed by atoms with E-state index in [1.54, 1.807) is 0 Å². The molecule has 0 amide bonds. The average Bonchev–Trinajstić information content (AvgIpc) is 3.55. The predicted molar refractivity (Wildman–Crippen MR) is 339 cm³/mol. The molecule has 12 heteroatoms. The van der Waals surface area contributed by atoms with Gasteiger partial charge in [-0.15, -0.1) is 0 Å². The number of allylic oxidation sites excluding steroid dienone is 24. The van der Waals surface area contributed by atoms with Gasteiger partial charge in [0.2, 0.25) is 0 Å². The maximum atomic E-state index is 13.2. The molecule has 1 saturated heterocycles. The lowest BCUT2D eigenvalue weighted by Gasteiger charge is -2.40. The number of hydrogen-bond acceptors (Lipinski definition) is 11. The minimum Gasteiger partial charge on any atom is -0.479 e. The number of carbonyl (C=O) groups is 4. The lowest BCUT2D eigenvalue weighted by molar-refractivity contribution is -0.301. The van der Waals surface area contributed by atoms with Gasteiger partial charge in [-0.25, -0.2) is 4.79 Å². The molecule has 1 rings (SSSR count). The zero-order chi connectivity index (χ0) is 60.3. The first-order chi connectivity index (χ1) is 40.6. The molecule has 0 aliphatic carbocycles. The van der Waals surface area contributed by atoms with Crippen molar-refractivity contribution < 1.29 is 58.2 Å². The van der Waals surface area contributed by atoms with Gasteiger partial charge in [-0.2, -0.15) is 0 Å². The summed E-state index contributed by atoms with van der Waals surface area (Å²) in [5.41, 5.74) is 0. The van der Waals surface area contributed by atoms with Gasteiger partial charge in [0.1, 0.15) is 18.8 Å². The maximum absolute atomic E-state index is 13.2. The lowest BCUT2D eigenvalue weighted by atomic mass is 9.98. The van der Waals surface area contributed by atoms with Crippen LogP contribution in [0.2, 0.25) is 0 Å². The van der Waals surface area contributed by atoms with Crippen LogP contribution >= 0.6 is 0 Å². The van der Waals surface area contributed by atoms with Gasteiger partial charge >= 0.3 is 23.9 Å². The Hall–Kier alpha value is -5.40. The first-order valence-corrected chi connectivity index (χ1v) is 31.8. The molecule has 83 heavy (non-hydrogen) atoms. The van der Waals surface area contributed by atoms with Gasteiger partial charge in [-0.3, -0.25) is 14.4 Å². The molecule has 1 aliphatic heterocycles. The van der Waals surface area contributed by atoms with Crippen molar-refractivity contribution in [2.75, 3.05) is 13.2 Å². The van der Waals surface area contributed by atoms with E-state index in [9.17, 15) is 34.5 Å². The zero-order valence-corrected chi connectivity index (χ0v) is 51.4. The van der Waals surface area contributed by atoms with Crippen molar-refractivity contribution in [3.8, 4) is 0 Å². The van der Waals surface area contributed by atoms with Crippen LogP contribution in [0.25, 0.3) is 0 Å². The van der Waals surface area contributed by atoms with E-state index in [0.717, 1.165) is 161 Å². The van der Waals surface area contributed by atoms with E-state index in [0.29, 0.717) is 25.7 Å². The van der Waals surface area contributed by atoms with Crippen LogP contribution in [0, 0.1) is 0 Å². The quantitative estimate of drug-likeness (QED) is 0.0228. The minimum atomic E-state index is -1.94. The Balaban J connectivity index is 2.73. The molecule has 1 aliphatic rings. The summed E-state index contributed by atoms with van der Waals surface area (Å²) in [6, 6.07) is 0. The molecule has 3 N–H and O–H groups in total. The van der Waals surface area contributed by atoms with Crippen molar-refractivity contribution in [3.05, 3.63) is 146 Å². The molecule has 0 saturated carbocycles. The van der Waals surface area contributed by atoms with E-state index in [1.807, 2.05) is 18.2 Å². The first-order valence-electron chi connectivity index (χ1n) is 31.8. The summed E-state index contributed by atoms with van der Waals surface area (Å²) in [6.45, 7) is 5.61. The third-order valence-corrected chi connectivity index (χ3v) is 13.4. The van der Waals surface area contributed by atoms with Crippen LogP contribution in [-0.4, -0.2) is 89.2 Å². The lowest BCUT2D eigenvalue weighted by Crippen LogP contribution is -2.61. The number of aliphatic hydroxyl groups excluding tert-OH is 2. The highest BCUT2D eigenvalue weighted by Gasteiger charge is 2.50. The second-order valence-electron chi connectivity index (χ2n) is 20.9. The summed E-state index contributed by atoms with van der Waals surface area (Å²) in [5, 5.41) is 31.6. The summed E-state index contributed by atoms with van der Waals surface area (Å²) in [6.07, 6.45) is 69.5. The molecule has 6 atom stereocenters. The number of rotatable bonds is 52. The highest BCUT2D eigenvalue weighted by molar-refractivity contribution is 5.74. The molecule has 0 aromatic carbocycles. The Bertz CT molecular complexity index is 2000. The summed E-state index contributed by atoms with van der Waals surface area (Å²) in [5.74, 6) is -3.27. The summed E-state index contributed by atoms with van der Waals surface area (Å²) in [4.78, 5) is 51.3. The molecule has 1 heterocycles. The van der Waals surface area contributed by atoms with Crippen LogP contribution in [0.4, 0.5) is 0 Å². The highest BCUT2D eigenvalue weighted by Crippen LogP contribution is 2.26. The molecule has 0 spiro atoms. The van der Waals surface area contributed by atoms with E-state index >= 15 is 0 Å². The molecule has 0 radical (unpaired) electrons. The number of carbonyl (C=O) groups excluding carboxylic acids is 3. The molecule has 0 aromatic rings. The fourth-order valence-corrected chi connectivity index (χ4v) is 8.66. The molecule has 6 unspecified atom stereocenters. The Morgan fingerprint density at radius 1 is 0.398 bits per heavy atom. The number of esters is 3. The molecule has 12 nitrogen and oxygen atoms in total. The smallest absolute Gasteiger partial charge is 0.335 e. The second kappa shape index (κ2) is 57.1. The Morgan fingerprint density at radius 3 is 1.14 bits per heavy atom. The maximum Gasteiger partial charge on any atom is 0.335 e. The SMILES string of the molecule is CC/C=C\C/C=C\C/C=C\C/C=C\C/C=C\C/C=C\CCC(=O)OC1C(OCC(COC(=O)CCCCCCCCC/C=C\C/C=C\C/C=C\CC)OC(=O)CCCCCCCCC/C=C\C/C=C\C/C=C\CC)OC(C(=O)O)C(O)C1O. The Kier molecular flexibility index (Phi) is 52.0. The van der Waals surface area contributed by atoms with E-state index in [4.69, 9.17) is 23.7 Å². The fourth-order valence-electron chi connectivity index (χ4n) is 8.66. The van der Waals surface area contributed by atoms with Crippen molar-refractivity contribution in [3.63, 3.8) is 0 Å². The van der Waals surface area contributed by atoms with E-state index < -0.39 is 67.3 Å². The van der Waals surface area contributed by atoms with Crippen LogP contribution < -0.4 is 0 Å². The molecule has 466 valence electrons. The van der Waals surface area contributed by atoms with Crippen LogP contribution in [0.5, 0.6) is 0 Å². The van der Waals surface area contributed by atoms with Crippen LogP contribution in [-0.2, 0) is 42.9 Å². The van der Waals surface area contributed by atoms with Crippen LogP contribution in [0.15, 0.2) is 146 Å². The molecule has 1 fully saturated rings. The van der Waals surface area contributed by atoms with Gasteiger partial charge in [-0.1, -0.05) is 231 Å². The normalized spacial score (nSPS) is 18.6. The molecule has 0 aromatic heterocycles. The van der Waals surface area contributed by atoms with Gasteiger partial charge in [-0.05, 0) is 122 Å². The number of carboxylic acid groups (broad SMARTS) is 1. The third kappa shape index (κ3) is 46.6. The average molecular weight is 1160 g/mol. The Labute approximate surface area is 502 Å². The third-order valence-electron chi connectivity index (χ3n) is 13.4. The van der Waals surface area contributed by atoms with Crippen molar-refractivity contribution in [2.45, 2.75) is 263 Å². The largest absolute Gasteiger partial charge is 0.479 e. The van der Waals surface area contributed by atoms with E-state index in [2.05, 4.69) is 148 Å². The summed E-state index contributed by atoms with van der Waals surface area (Å²) >= 11 is 0. The van der Waals surface area contributed by atoms with E-state index in [-0.39, 0.29) is 25.9 Å². The minimum absolute atomic E-state index is 0.0747. The van der Waals surface area contributed by atoms with Crippen LogP contribution in [0.1, 0.15) is 226 Å². The second-order valence-corrected chi connectivity index (χ2v) is 20.9. The van der Waals surface area contributed by atoms with Gasteiger partial charge in [0.15, 0.2) is 24.6 Å². The van der Waals surface area contributed by atoms with Gasteiger partial charge < -0.3 is 39.0 Å². The number of hydrogen-bond donors (Lipinski definition) is 3. The topological polar surface area (TPSA) is 175 Å². The molecule has 0 bridgehead atoms. The molecular formula is C71H110O12. The monoisotopic (exact) mass is 1150 g/mol. The molecular weight excluding hydrogens is 1040 g/mol. The van der Waals surface area contributed by atoms with Gasteiger partial charge in [0.25, 0.3) is 0 Å².